The number of benzene rings is 2. The van der Waals surface area contributed by atoms with Gasteiger partial charge in [-0.3, -0.25) is 0 Å². The van der Waals surface area contributed by atoms with Crippen LogP contribution in [-0.2, 0) is 6.18 Å². The molecular formula is C22H22BrF3N4O. The summed E-state index contributed by atoms with van der Waals surface area (Å²) < 4.78 is 46.6. The van der Waals surface area contributed by atoms with Crippen molar-refractivity contribution in [2.45, 2.75) is 32.4 Å². The maximum absolute atomic E-state index is 13.4. The Hall–Kier alpha value is -2.81. The van der Waals surface area contributed by atoms with Crippen LogP contribution in [0.15, 0.2) is 59.2 Å². The number of nitrogens with zero attached hydrogens (tertiary/aromatic N) is 2. The van der Waals surface area contributed by atoms with Crippen LogP contribution >= 0.6 is 15.9 Å². The van der Waals surface area contributed by atoms with Gasteiger partial charge < -0.3 is 15.4 Å². The summed E-state index contributed by atoms with van der Waals surface area (Å²) in [6, 6.07) is 14.0. The highest BCUT2D eigenvalue weighted by Crippen LogP contribution is 2.36. The van der Waals surface area contributed by atoms with Crippen LogP contribution in [0.1, 0.15) is 31.7 Å². The predicted molar refractivity (Wildman–Crippen MR) is 119 cm³/mol. The molecule has 0 aliphatic rings. The summed E-state index contributed by atoms with van der Waals surface area (Å²) >= 11 is 3.32. The molecule has 0 saturated heterocycles. The summed E-state index contributed by atoms with van der Waals surface area (Å²) in [4.78, 5) is 7.89. The lowest BCUT2D eigenvalue weighted by atomic mass is 10.2. The van der Waals surface area contributed by atoms with Gasteiger partial charge in [0.25, 0.3) is 0 Å². The highest BCUT2D eigenvalue weighted by Gasteiger charge is 2.35. The first kappa shape index (κ1) is 22.9. The van der Waals surface area contributed by atoms with E-state index >= 15 is 0 Å². The zero-order valence-corrected chi connectivity index (χ0v) is 18.4. The fourth-order valence-electron chi connectivity index (χ4n) is 2.74. The quantitative estimate of drug-likeness (QED) is 0.305. The minimum atomic E-state index is -4.60. The highest BCUT2D eigenvalue weighted by atomic mass is 79.9. The number of nitrogens with one attached hydrogen (secondary N) is 2. The van der Waals surface area contributed by atoms with E-state index in [1.165, 1.54) is 0 Å². The van der Waals surface area contributed by atoms with Crippen LogP contribution in [0, 0.1) is 0 Å². The normalized spacial score (nSPS) is 11.3. The van der Waals surface area contributed by atoms with Crippen molar-refractivity contribution in [1.82, 2.24) is 9.97 Å². The minimum Gasteiger partial charge on any atom is -0.494 e. The first-order chi connectivity index (χ1) is 14.9. The number of anilines is 4. The first-order valence-corrected chi connectivity index (χ1v) is 10.6. The van der Waals surface area contributed by atoms with Gasteiger partial charge in [-0.1, -0.05) is 31.9 Å². The van der Waals surface area contributed by atoms with Gasteiger partial charge in [-0.05, 0) is 58.7 Å². The van der Waals surface area contributed by atoms with Crippen molar-refractivity contribution in [2.75, 3.05) is 17.2 Å². The lowest BCUT2D eigenvalue weighted by molar-refractivity contribution is -0.137. The third-order valence-electron chi connectivity index (χ3n) is 4.35. The molecule has 0 radical (unpaired) electrons. The Labute approximate surface area is 187 Å². The molecule has 1 heterocycles. The number of unbranched alkanes of at least 4 members (excludes halogenated alkanes) is 2. The van der Waals surface area contributed by atoms with E-state index in [1.54, 1.807) is 48.5 Å². The molecule has 2 N–H and O–H groups in total. The summed E-state index contributed by atoms with van der Waals surface area (Å²) in [6.07, 6.45) is -0.611. The summed E-state index contributed by atoms with van der Waals surface area (Å²) in [5, 5.41) is 5.67. The van der Waals surface area contributed by atoms with Crippen LogP contribution in [0.5, 0.6) is 5.75 Å². The van der Waals surface area contributed by atoms with Crippen molar-refractivity contribution < 1.29 is 17.9 Å². The number of hydrogen-bond acceptors (Lipinski definition) is 5. The molecule has 3 rings (SSSR count). The fourth-order valence-corrected chi connectivity index (χ4v) is 3.12. The Balaban J connectivity index is 1.77. The predicted octanol–water partition coefficient (Wildman–Crippen LogP) is 7.31. The molecule has 0 aliphatic carbocycles. The van der Waals surface area contributed by atoms with Gasteiger partial charge in [0.1, 0.15) is 17.1 Å². The van der Waals surface area contributed by atoms with Crippen LogP contribution in [0.4, 0.5) is 36.3 Å². The molecule has 164 valence electrons. The molecule has 0 spiro atoms. The van der Waals surface area contributed by atoms with Crippen LogP contribution in [0.25, 0.3) is 0 Å². The number of hydrogen-bond donors (Lipinski definition) is 2. The van der Waals surface area contributed by atoms with E-state index in [0.29, 0.717) is 22.5 Å². The van der Waals surface area contributed by atoms with Crippen molar-refractivity contribution in [2.24, 2.45) is 0 Å². The molecule has 31 heavy (non-hydrogen) atoms. The van der Waals surface area contributed by atoms with E-state index in [2.05, 4.69) is 43.5 Å². The molecule has 5 nitrogen and oxygen atoms in total. The SMILES string of the molecule is CCCCCOc1ccc(Nc2ncc(C(F)(F)F)c(Nc3ccccc3Br)n2)cc1. The topological polar surface area (TPSA) is 59.1 Å². The van der Waals surface area contributed by atoms with Crippen molar-refractivity contribution in [3.8, 4) is 5.75 Å². The van der Waals surface area contributed by atoms with E-state index in [4.69, 9.17) is 4.74 Å². The molecule has 2 aromatic carbocycles. The Kier molecular flexibility index (Phi) is 7.73. The summed E-state index contributed by atoms with van der Waals surface area (Å²) in [5.74, 6) is 0.429. The van der Waals surface area contributed by atoms with E-state index < -0.39 is 11.7 Å². The van der Waals surface area contributed by atoms with Crippen LogP contribution in [-0.4, -0.2) is 16.6 Å². The molecule has 0 bridgehead atoms. The number of ether oxygens (including phenoxy) is 1. The Morgan fingerprint density at radius 1 is 1.00 bits per heavy atom. The number of halogens is 4. The van der Waals surface area contributed by atoms with Gasteiger partial charge in [0, 0.05) is 16.4 Å². The molecule has 0 aliphatic heterocycles. The second kappa shape index (κ2) is 10.5. The van der Waals surface area contributed by atoms with Crippen molar-refractivity contribution in [3.05, 3.63) is 64.8 Å². The fraction of sp³-hybridized carbons (Fsp3) is 0.273. The van der Waals surface area contributed by atoms with E-state index in [9.17, 15) is 13.2 Å². The zero-order valence-electron chi connectivity index (χ0n) is 16.8. The number of aromatic nitrogens is 2. The third kappa shape index (κ3) is 6.58. The van der Waals surface area contributed by atoms with Crippen molar-refractivity contribution in [1.29, 1.82) is 0 Å². The van der Waals surface area contributed by atoms with Gasteiger partial charge in [0.15, 0.2) is 0 Å². The van der Waals surface area contributed by atoms with E-state index in [0.717, 1.165) is 31.2 Å². The molecule has 0 atom stereocenters. The third-order valence-corrected chi connectivity index (χ3v) is 5.04. The molecule has 3 aromatic rings. The summed E-state index contributed by atoms with van der Waals surface area (Å²) in [5.41, 5.74) is 0.138. The summed E-state index contributed by atoms with van der Waals surface area (Å²) in [6.45, 7) is 2.77. The van der Waals surface area contributed by atoms with E-state index in [-0.39, 0.29) is 11.8 Å². The molecule has 9 heteroatoms. The Morgan fingerprint density at radius 2 is 1.74 bits per heavy atom. The average molecular weight is 495 g/mol. The average Bonchev–Trinajstić information content (AvgIpc) is 2.73. The Bertz CT molecular complexity index is 997. The van der Waals surface area contributed by atoms with Gasteiger partial charge in [0.05, 0.1) is 12.3 Å². The molecule has 0 fully saturated rings. The molecular weight excluding hydrogens is 473 g/mol. The molecule has 0 amide bonds. The second-order valence-electron chi connectivity index (χ2n) is 6.76. The highest BCUT2D eigenvalue weighted by molar-refractivity contribution is 9.10. The Morgan fingerprint density at radius 3 is 2.42 bits per heavy atom. The smallest absolute Gasteiger partial charge is 0.421 e. The number of para-hydroxylation sites is 1. The van der Waals surface area contributed by atoms with Gasteiger partial charge >= 0.3 is 6.18 Å². The number of rotatable bonds is 9. The van der Waals surface area contributed by atoms with Crippen molar-refractivity contribution in [3.63, 3.8) is 0 Å². The van der Waals surface area contributed by atoms with Crippen LogP contribution in [0.2, 0.25) is 0 Å². The minimum absolute atomic E-state index is 0.0409. The lowest BCUT2D eigenvalue weighted by Gasteiger charge is -2.15. The number of alkyl halides is 3. The standard InChI is InChI=1S/C22H22BrF3N4O/c1-2-3-6-13-31-16-11-9-15(10-12-16)28-21-27-14-17(22(24,25)26)20(30-21)29-19-8-5-4-7-18(19)23/h4-5,7-12,14H,2-3,6,13H2,1H3,(H2,27,28,29,30). The molecule has 1 aromatic heterocycles. The van der Waals surface area contributed by atoms with Gasteiger partial charge in [-0.25, -0.2) is 4.98 Å². The molecule has 0 unspecified atom stereocenters. The van der Waals surface area contributed by atoms with Crippen LogP contribution in [0.3, 0.4) is 0 Å². The van der Waals surface area contributed by atoms with Crippen LogP contribution < -0.4 is 15.4 Å². The maximum atomic E-state index is 13.4. The van der Waals surface area contributed by atoms with Gasteiger partial charge in [0.2, 0.25) is 5.95 Å². The van der Waals surface area contributed by atoms with Gasteiger partial charge in [-0.2, -0.15) is 18.2 Å². The first-order valence-electron chi connectivity index (χ1n) is 9.82. The summed E-state index contributed by atoms with van der Waals surface area (Å²) in [7, 11) is 0. The van der Waals surface area contributed by atoms with Crippen molar-refractivity contribution >= 4 is 39.1 Å². The largest absolute Gasteiger partial charge is 0.494 e. The molecule has 0 saturated carbocycles. The monoisotopic (exact) mass is 494 g/mol. The zero-order chi connectivity index (χ0) is 22.3. The van der Waals surface area contributed by atoms with Gasteiger partial charge in [-0.15, -0.1) is 0 Å². The lowest BCUT2D eigenvalue weighted by Crippen LogP contribution is -2.12. The second-order valence-corrected chi connectivity index (χ2v) is 7.62. The van der Waals surface area contributed by atoms with E-state index in [1.807, 2.05) is 0 Å². The maximum Gasteiger partial charge on any atom is 0.421 e.